The van der Waals surface area contributed by atoms with Gasteiger partial charge in [-0.2, -0.15) is 0 Å². The van der Waals surface area contributed by atoms with E-state index in [0.717, 1.165) is 35.2 Å². The molecule has 0 heterocycles. The zero-order chi connectivity index (χ0) is 15.9. The minimum Gasteiger partial charge on any atom is -0.496 e. The maximum atomic E-state index is 6.08. The lowest BCUT2D eigenvalue weighted by Gasteiger charge is -2.19. The van der Waals surface area contributed by atoms with Gasteiger partial charge in [-0.3, -0.25) is 4.90 Å². The van der Waals surface area contributed by atoms with Crippen LogP contribution in [0.1, 0.15) is 18.1 Å². The monoisotopic (exact) mass is 319 g/mol. The van der Waals surface area contributed by atoms with E-state index >= 15 is 0 Å². The van der Waals surface area contributed by atoms with Crippen LogP contribution >= 0.6 is 11.6 Å². The van der Waals surface area contributed by atoms with Gasteiger partial charge in [0, 0.05) is 23.7 Å². The van der Waals surface area contributed by atoms with Crippen molar-refractivity contribution in [3.8, 4) is 11.5 Å². The fourth-order valence-electron chi connectivity index (χ4n) is 2.39. The van der Waals surface area contributed by atoms with Crippen LogP contribution in [-0.2, 0) is 13.1 Å². The fourth-order valence-corrected chi connectivity index (χ4v) is 2.58. The third-order valence-corrected chi connectivity index (χ3v) is 3.60. The van der Waals surface area contributed by atoms with Gasteiger partial charge in [0.2, 0.25) is 0 Å². The van der Waals surface area contributed by atoms with Gasteiger partial charge in [-0.05, 0) is 49.9 Å². The number of rotatable bonds is 7. The Balaban J connectivity index is 2.00. The highest BCUT2D eigenvalue weighted by atomic mass is 35.5. The van der Waals surface area contributed by atoms with Crippen molar-refractivity contribution in [2.75, 3.05) is 20.8 Å². The van der Waals surface area contributed by atoms with Crippen LogP contribution in [0.5, 0.6) is 11.5 Å². The van der Waals surface area contributed by atoms with Gasteiger partial charge in [0.05, 0.1) is 13.7 Å². The first kappa shape index (κ1) is 16.7. The minimum absolute atomic E-state index is 0.688. The highest BCUT2D eigenvalue weighted by Crippen LogP contribution is 2.24. The second-order valence-corrected chi connectivity index (χ2v) is 5.64. The first-order valence-corrected chi connectivity index (χ1v) is 7.73. The third-order valence-electron chi connectivity index (χ3n) is 3.37. The van der Waals surface area contributed by atoms with E-state index in [1.54, 1.807) is 7.11 Å². The molecule has 0 saturated carbocycles. The second kappa shape index (κ2) is 8.06. The lowest BCUT2D eigenvalue weighted by atomic mass is 10.1. The quantitative estimate of drug-likeness (QED) is 0.756. The van der Waals surface area contributed by atoms with Crippen molar-refractivity contribution in [2.45, 2.75) is 20.0 Å². The van der Waals surface area contributed by atoms with E-state index in [-0.39, 0.29) is 0 Å². The van der Waals surface area contributed by atoms with Crippen LogP contribution in [0.15, 0.2) is 42.5 Å². The average Bonchev–Trinajstić information content (AvgIpc) is 2.50. The number of nitrogens with zero attached hydrogens (tertiary/aromatic N) is 1. The molecule has 4 heteroatoms. The van der Waals surface area contributed by atoms with Crippen LogP contribution in [0.2, 0.25) is 5.02 Å². The van der Waals surface area contributed by atoms with E-state index in [1.807, 2.05) is 37.3 Å². The number of hydrogen-bond acceptors (Lipinski definition) is 3. The van der Waals surface area contributed by atoms with Crippen LogP contribution in [-0.4, -0.2) is 25.7 Å². The molecule has 22 heavy (non-hydrogen) atoms. The average molecular weight is 320 g/mol. The highest BCUT2D eigenvalue weighted by Gasteiger charge is 2.08. The van der Waals surface area contributed by atoms with Crippen molar-refractivity contribution in [1.82, 2.24) is 4.90 Å². The summed E-state index contributed by atoms with van der Waals surface area (Å²) in [5.41, 5.74) is 2.33. The lowest BCUT2D eigenvalue weighted by molar-refractivity contribution is 0.309. The molecular weight excluding hydrogens is 298 g/mol. The van der Waals surface area contributed by atoms with Crippen LogP contribution < -0.4 is 9.47 Å². The van der Waals surface area contributed by atoms with Gasteiger partial charge in [0.25, 0.3) is 0 Å². The van der Waals surface area contributed by atoms with Gasteiger partial charge < -0.3 is 9.47 Å². The van der Waals surface area contributed by atoms with Gasteiger partial charge in [-0.15, -0.1) is 0 Å². The van der Waals surface area contributed by atoms with Gasteiger partial charge in [-0.25, -0.2) is 0 Å². The van der Waals surface area contributed by atoms with Crippen molar-refractivity contribution >= 4 is 11.6 Å². The molecule has 2 rings (SSSR count). The summed E-state index contributed by atoms with van der Waals surface area (Å²) in [6, 6.07) is 13.9. The van der Waals surface area contributed by atoms with Crippen LogP contribution in [0, 0.1) is 0 Å². The maximum absolute atomic E-state index is 6.08. The maximum Gasteiger partial charge on any atom is 0.123 e. The third kappa shape index (κ3) is 4.65. The van der Waals surface area contributed by atoms with Crippen molar-refractivity contribution in [3.63, 3.8) is 0 Å². The molecule has 0 aromatic heterocycles. The second-order valence-electron chi connectivity index (χ2n) is 5.21. The number of halogens is 1. The summed E-state index contributed by atoms with van der Waals surface area (Å²) in [6.45, 7) is 4.30. The first-order valence-electron chi connectivity index (χ1n) is 7.35. The van der Waals surface area contributed by atoms with Crippen molar-refractivity contribution in [2.24, 2.45) is 0 Å². The number of ether oxygens (including phenoxy) is 2. The molecule has 0 aliphatic rings. The van der Waals surface area contributed by atoms with Gasteiger partial charge in [0.15, 0.2) is 0 Å². The molecule has 0 amide bonds. The Morgan fingerprint density at radius 2 is 1.77 bits per heavy atom. The summed E-state index contributed by atoms with van der Waals surface area (Å²) >= 11 is 6.08. The molecule has 0 atom stereocenters. The SMILES string of the molecule is CCOc1ccc(CN(C)Cc2cc(Cl)ccc2OC)cc1. The van der Waals surface area contributed by atoms with Crippen molar-refractivity contribution in [1.29, 1.82) is 0 Å². The summed E-state index contributed by atoms with van der Waals surface area (Å²) in [7, 11) is 3.76. The Morgan fingerprint density at radius 1 is 1.05 bits per heavy atom. The molecule has 0 aliphatic carbocycles. The van der Waals surface area contributed by atoms with E-state index < -0.39 is 0 Å². The molecule has 3 nitrogen and oxygen atoms in total. The molecule has 0 spiro atoms. The molecular formula is C18H22ClNO2. The molecule has 2 aromatic carbocycles. The molecule has 0 unspecified atom stereocenters. The summed E-state index contributed by atoms with van der Waals surface area (Å²) in [4.78, 5) is 2.23. The van der Waals surface area contributed by atoms with E-state index in [0.29, 0.717) is 6.61 Å². The first-order chi connectivity index (χ1) is 10.6. The van der Waals surface area contributed by atoms with E-state index in [1.165, 1.54) is 5.56 Å². The number of benzene rings is 2. The zero-order valence-corrected chi connectivity index (χ0v) is 14.1. The molecule has 0 radical (unpaired) electrons. The van der Waals surface area contributed by atoms with Crippen molar-refractivity contribution < 1.29 is 9.47 Å². The minimum atomic E-state index is 0.688. The largest absolute Gasteiger partial charge is 0.496 e. The summed E-state index contributed by atoms with van der Waals surface area (Å²) in [6.07, 6.45) is 0. The van der Waals surface area contributed by atoms with E-state index in [4.69, 9.17) is 21.1 Å². The molecule has 0 saturated heterocycles. The standard InChI is InChI=1S/C18H22ClNO2/c1-4-22-17-8-5-14(6-9-17)12-20(2)13-15-11-16(19)7-10-18(15)21-3/h5-11H,4,12-13H2,1-3H3. The van der Waals surface area contributed by atoms with Gasteiger partial charge in [0.1, 0.15) is 11.5 Å². The number of methoxy groups -OCH3 is 1. The molecule has 0 bridgehead atoms. The molecule has 118 valence electrons. The Morgan fingerprint density at radius 3 is 2.41 bits per heavy atom. The number of hydrogen-bond donors (Lipinski definition) is 0. The summed E-state index contributed by atoms with van der Waals surface area (Å²) < 4.78 is 10.9. The molecule has 2 aromatic rings. The highest BCUT2D eigenvalue weighted by molar-refractivity contribution is 6.30. The van der Waals surface area contributed by atoms with Crippen molar-refractivity contribution in [3.05, 3.63) is 58.6 Å². The van der Waals surface area contributed by atoms with Crippen LogP contribution in [0.4, 0.5) is 0 Å². The lowest BCUT2D eigenvalue weighted by Crippen LogP contribution is -2.17. The van der Waals surface area contributed by atoms with E-state index in [9.17, 15) is 0 Å². The normalized spacial score (nSPS) is 10.8. The predicted molar refractivity (Wildman–Crippen MR) is 90.8 cm³/mol. The molecule has 0 N–H and O–H groups in total. The topological polar surface area (TPSA) is 21.7 Å². The Hall–Kier alpha value is -1.71. The van der Waals surface area contributed by atoms with Crippen LogP contribution in [0.25, 0.3) is 0 Å². The Bertz CT molecular complexity index is 599. The summed E-state index contributed by atoms with van der Waals surface area (Å²) in [5, 5.41) is 0.727. The fraction of sp³-hybridized carbons (Fsp3) is 0.333. The Labute approximate surface area is 137 Å². The van der Waals surface area contributed by atoms with Gasteiger partial charge >= 0.3 is 0 Å². The summed E-state index contributed by atoms with van der Waals surface area (Å²) in [5.74, 6) is 1.77. The zero-order valence-electron chi connectivity index (χ0n) is 13.3. The molecule has 0 aliphatic heterocycles. The van der Waals surface area contributed by atoms with Crippen LogP contribution in [0.3, 0.4) is 0 Å². The predicted octanol–water partition coefficient (Wildman–Crippen LogP) is 4.38. The smallest absolute Gasteiger partial charge is 0.123 e. The van der Waals surface area contributed by atoms with E-state index in [2.05, 4.69) is 24.1 Å². The van der Waals surface area contributed by atoms with Gasteiger partial charge in [-0.1, -0.05) is 23.7 Å². The molecule has 0 fully saturated rings. The Kier molecular flexibility index (Phi) is 6.10.